The summed E-state index contributed by atoms with van der Waals surface area (Å²) in [6, 6.07) is 5.04. The number of rotatable bonds is 4. The summed E-state index contributed by atoms with van der Waals surface area (Å²) in [4.78, 5) is 0. The van der Waals surface area contributed by atoms with Gasteiger partial charge >= 0.3 is 0 Å². The average molecular weight is 235 g/mol. The Morgan fingerprint density at radius 3 is 2.94 bits per heavy atom. The van der Waals surface area contributed by atoms with E-state index in [1.165, 1.54) is 38.5 Å². The van der Waals surface area contributed by atoms with Gasteiger partial charge in [-0.2, -0.15) is 0 Å². The fourth-order valence-electron chi connectivity index (χ4n) is 2.93. The van der Waals surface area contributed by atoms with Gasteiger partial charge in [-0.1, -0.05) is 26.2 Å². The smallest absolute Gasteiger partial charge is 0.120 e. The zero-order chi connectivity index (χ0) is 12.1. The molecular formula is C15H25NO. The van der Waals surface area contributed by atoms with E-state index in [4.69, 9.17) is 4.42 Å². The Morgan fingerprint density at radius 1 is 1.35 bits per heavy atom. The van der Waals surface area contributed by atoms with E-state index in [1.54, 1.807) is 6.26 Å². The molecule has 1 aromatic heterocycles. The molecule has 0 bridgehead atoms. The number of hydrogen-bond donors (Lipinski definition) is 1. The minimum atomic E-state index is 0.341. The quantitative estimate of drug-likeness (QED) is 0.788. The van der Waals surface area contributed by atoms with Crippen LogP contribution < -0.4 is 5.32 Å². The lowest BCUT2D eigenvalue weighted by Gasteiger charge is -2.20. The molecule has 2 nitrogen and oxygen atoms in total. The number of nitrogens with one attached hydrogen (secondary N) is 1. The van der Waals surface area contributed by atoms with Gasteiger partial charge in [-0.15, -0.1) is 0 Å². The molecule has 96 valence electrons. The van der Waals surface area contributed by atoms with Crippen molar-refractivity contribution in [3.63, 3.8) is 0 Å². The Kier molecular flexibility index (Phi) is 4.66. The highest BCUT2D eigenvalue weighted by Gasteiger charge is 2.20. The lowest BCUT2D eigenvalue weighted by Crippen LogP contribution is -2.30. The monoisotopic (exact) mass is 235 g/mol. The molecule has 1 aromatic rings. The van der Waals surface area contributed by atoms with Crippen molar-refractivity contribution in [3.8, 4) is 0 Å². The van der Waals surface area contributed by atoms with Crippen LogP contribution in [0.25, 0.3) is 0 Å². The molecular weight excluding hydrogens is 210 g/mol. The van der Waals surface area contributed by atoms with Gasteiger partial charge in [0.05, 0.1) is 12.3 Å². The van der Waals surface area contributed by atoms with Crippen LogP contribution in [0, 0.1) is 5.92 Å². The fraction of sp³-hybridized carbons (Fsp3) is 0.733. The van der Waals surface area contributed by atoms with Gasteiger partial charge in [0.1, 0.15) is 5.76 Å². The van der Waals surface area contributed by atoms with E-state index in [-0.39, 0.29) is 0 Å². The van der Waals surface area contributed by atoms with E-state index in [1.807, 2.05) is 6.07 Å². The summed E-state index contributed by atoms with van der Waals surface area (Å²) in [7, 11) is 0. The molecule has 1 aliphatic rings. The largest absolute Gasteiger partial charge is 0.468 e. The van der Waals surface area contributed by atoms with Crippen LogP contribution in [0.15, 0.2) is 22.8 Å². The van der Waals surface area contributed by atoms with Gasteiger partial charge in [-0.25, -0.2) is 0 Å². The molecule has 0 saturated heterocycles. The topological polar surface area (TPSA) is 25.2 Å². The first kappa shape index (κ1) is 12.7. The molecule has 3 atom stereocenters. The normalized spacial score (nSPS) is 27.6. The molecule has 1 aliphatic carbocycles. The summed E-state index contributed by atoms with van der Waals surface area (Å²) in [5, 5.41) is 3.71. The SMILES string of the molecule is CCC1CCCC(NC(C)c2ccco2)CC1. The van der Waals surface area contributed by atoms with Crippen LogP contribution in [0.3, 0.4) is 0 Å². The van der Waals surface area contributed by atoms with E-state index in [9.17, 15) is 0 Å². The minimum Gasteiger partial charge on any atom is -0.468 e. The first-order chi connectivity index (χ1) is 8.29. The molecule has 2 heteroatoms. The first-order valence-corrected chi connectivity index (χ1v) is 7.09. The van der Waals surface area contributed by atoms with Gasteiger partial charge in [0.2, 0.25) is 0 Å². The molecule has 1 N–H and O–H groups in total. The standard InChI is InChI=1S/C15H25NO/c1-3-13-6-4-7-14(10-9-13)16-12(2)15-8-5-11-17-15/h5,8,11-14,16H,3-4,6-7,9-10H2,1-2H3. The van der Waals surface area contributed by atoms with Crippen molar-refractivity contribution in [1.29, 1.82) is 0 Å². The maximum Gasteiger partial charge on any atom is 0.120 e. The minimum absolute atomic E-state index is 0.341. The average Bonchev–Trinajstić information content (AvgIpc) is 2.78. The van der Waals surface area contributed by atoms with Gasteiger partial charge in [0.25, 0.3) is 0 Å². The van der Waals surface area contributed by atoms with Crippen LogP contribution in [-0.4, -0.2) is 6.04 Å². The molecule has 0 spiro atoms. The third-order valence-electron chi connectivity index (χ3n) is 4.12. The van der Waals surface area contributed by atoms with Crippen LogP contribution in [-0.2, 0) is 0 Å². The number of furan rings is 1. The third kappa shape index (κ3) is 3.60. The molecule has 0 radical (unpaired) electrons. The Hall–Kier alpha value is -0.760. The van der Waals surface area contributed by atoms with Gasteiger partial charge in [0.15, 0.2) is 0 Å². The zero-order valence-corrected chi connectivity index (χ0v) is 11.1. The lowest BCUT2D eigenvalue weighted by atomic mass is 9.98. The lowest BCUT2D eigenvalue weighted by molar-refractivity contribution is 0.361. The molecule has 2 rings (SSSR count). The van der Waals surface area contributed by atoms with E-state index < -0.39 is 0 Å². The second-order valence-electron chi connectivity index (χ2n) is 5.38. The van der Waals surface area contributed by atoms with Crippen molar-refractivity contribution in [2.45, 2.75) is 64.5 Å². The van der Waals surface area contributed by atoms with Crippen molar-refractivity contribution >= 4 is 0 Å². The molecule has 3 unspecified atom stereocenters. The highest BCUT2D eigenvalue weighted by molar-refractivity contribution is 5.03. The highest BCUT2D eigenvalue weighted by atomic mass is 16.3. The van der Waals surface area contributed by atoms with Crippen LogP contribution in [0.5, 0.6) is 0 Å². The van der Waals surface area contributed by atoms with Crippen molar-refractivity contribution in [1.82, 2.24) is 5.32 Å². The Morgan fingerprint density at radius 2 is 2.24 bits per heavy atom. The van der Waals surface area contributed by atoms with Crippen molar-refractivity contribution in [2.75, 3.05) is 0 Å². The highest BCUT2D eigenvalue weighted by Crippen LogP contribution is 2.27. The second-order valence-corrected chi connectivity index (χ2v) is 5.38. The summed E-state index contributed by atoms with van der Waals surface area (Å²) < 4.78 is 5.45. The second kappa shape index (κ2) is 6.25. The number of hydrogen-bond acceptors (Lipinski definition) is 2. The van der Waals surface area contributed by atoms with Crippen LogP contribution in [0.2, 0.25) is 0 Å². The molecule has 1 fully saturated rings. The summed E-state index contributed by atoms with van der Waals surface area (Å²) in [5.74, 6) is 2.02. The molecule has 17 heavy (non-hydrogen) atoms. The Balaban J connectivity index is 1.82. The molecule has 0 aliphatic heterocycles. The van der Waals surface area contributed by atoms with Gasteiger partial charge in [-0.05, 0) is 44.2 Å². The first-order valence-electron chi connectivity index (χ1n) is 7.09. The van der Waals surface area contributed by atoms with E-state index in [2.05, 4.69) is 25.2 Å². The van der Waals surface area contributed by atoms with Crippen LogP contribution >= 0.6 is 0 Å². The van der Waals surface area contributed by atoms with Crippen molar-refractivity contribution < 1.29 is 4.42 Å². The van der Waals surface area contributed by atoms with E-state index in [0.717, 1.165) is 11.7 Å². The van der Waals surface area contributed by atoms with E-state index in [0.29, 0.717) is 12.1 Å². The third-order valence-corrected chi connectivity index (χ3v) is 4.12. The predicted molar refractivity (Wildman–Crippen MR) is 70.9 cm³/mol. The summed E-state index contributed by atoms with van der Waals surface area (Å²) in [5.41, 5.74) is 0. The van der Waals surface area contributed by atoms with Gasteiger partial charge in [0, 0.05) is 6.04 Å². The molecule has 1 saturated carbocycles. The maximum atomic E-state index is 5.45. The van der Waals surface area contributed by atoms with Gasteiger partial charge < -0.3 is 9.73 Å². The van der Waals surface area contributed by atoms with Crippen LogP contribution in [0.4, 0.5) is 0 Å². The molecule has 1 heterocycles. The summed E-state index contributed by atoms with van der Waals surface area (Å²) in [6.45, 7) is 4.52. The zero-order valence-electron chi connectivity index (χ0n) is 11.1. The fourth-order valence-corrected chi connectivity index (χ4v) is 2.93. The molecule has 0 amide bonds. The maximum absolute atomic E-state index is 5.45. The van der Waals surface area contributed by atoms with Gasteiger partial charge in [-0.3, -0.25) is 0 Å². The Labute approximate surface area is 105 Å². The summed E-state index contributed by atoms with van der Waals surface area (Å²) in [6.07, 6.45) is 9.93. The van der Waals surface area contributed by atoms with Crippen molar-refractivity contribution in [3.05, 3.63) is 24.2 Å². The van der Waals surface area contributed by atoms with Crippen LogP contribution in [0.1, 0.15) is 64.2 Å². The molecule has 0 aromatic carbocycles. The summed E-state index contributed by atoms with van der Waals surface area (Å²) >= 11 is 0. The predicted octanol–water partition coefficient (Wildman–Crippen LogP) is 4.29. The Bertz CT molecular complexity index is 307. The van der Waals surface area contributed by atoms with E-state index >= 15 is 0 Å². The van der Waals surface area contributed by atoms with Crippen molar-refractivity contribution in [2.24, 2.45) is 5.92 Å².